The molecule has 1 aliphatic rings. The van der Waals surface area contributed by atoms with E-state index in [1.807, 2.05) is 30.0 Å². The number of likely N-dealkylation sites (tertiary alicyclic amines) is 1. The van der Waals surface area contributed by atoms with Crippen LogP contribution in [0.3, 0.4) is 0 Å². The van der Waals surface area contributed by atoms with Crippen molar-refractivity contribution >= 4 is 28.6 Å². The Morgan fingerprint density at radius 3 is 2.78 bits per heavy atom. The molecule has 1 fully saturated rings. The Kier molecular flexibility index (Phi) is 4.53. The van der Waals surface area contributed by atoms with Crippen LogP contribution in [-0.4, -0.2) is 34.6 Å². The normalized spacial score (nSPS) is 14.2. The molecule has 2 aromatic rings. The summed E-state index contributed by atoms with van der Waals surface area (Å²) < 4.78 is 0. The first-order chi connectivity index (χ1) is 11.1. The largest absolute Gasteiger partial charge is 0.342 e. The van der Waals surface area contributed by atoms with Crippen LogP contribution in [0.4, 0.5) is 0 Å². The Balaban J connectivity index is 1.88. The second kappa shape index (κ2) is 6.59. The van der Waals surface area contributed by atoms with Crippen LogP contribution in [0.15, 0.2) is 23.2 Å². The standard InChI is InChI=1S/C18H19N3OS/c1-12-5-6-14-9-15(10-19)18(20-17(14)13(12)2)23-11-16(22)21-7-3-4-8-21/h5-6,9H,3-4,7-8,11H2,1-2H3. The number of aromatic nitrogens is 1. The molecule has 1 amide bonds. The van der Waals surface area contributed by atoms with E-state index in [1.165, 1.54) is 17.3 Å². The minimum absolute atomic E-state index is 0.138. The predicted molar refractivity (Wildman–Crippen MR) is 92.5 cm³/mol. The molecule has 1 aromatic carbocycles. The third-order valence-corrected chi connectivity index (χ3v) is 5.36. The van der Waals surface area contributed by atoms with Gasteiger partial charge >= 0.3 is 0 Å². The molecule has 3 rings (SSSR count). The molecule has 1 aliphatic heterocycles. The van der Waals surface area contributed by atoms with E-state index >= 15 is 0 Å². The molecule has 0 aliphatic carbocycles. The molecule has 2 heterocycles. The van der Waals surface area contributed by atoms with Crippen LogP contribution in [0.25, 0.3) is 10.9 Å². The molecule has 118 valence electrons. The van der Waals surface area contributed by atoms with Gasteiger partial charge in [0.05, 0.1) is 16.8 Å². The summed E-state index contributed by atoms with van der Waals surface area (Å²) in [4.78, 5) is 18.8. The first kappa shape index (κ1) is 15.8. The molecule has 0 saturated carbocycles. The SMILES string of the molecule is Cc1ccc2cc(C#N)c(SCC(=O)N3CCCC3)nc2c1C. The molecule has 1 saturated heterocycles. The van der Waals surface area contributed by atoms with E-state index in [4.69, 9.17) is 0 Å². The summed E-state index contributed by atoms with van der Waals surface area (Å²) >= 11 is 1.37. The lowest BCUT2D eigenvalue weighted by Crippen LogP contribution is -2.29. The number of hydrogen-bond donors (Lipinski definition) is 0. The number of carbonyl (C=O) groups is 1. The maximum Gasteiger partial charge on any atom is 0.232 e. The van der Waals surface area contributed by atoms with Crippen molar-refractivity contribution in [2.45, 2.75) is 31.7 Å². The Hall–Kier alpha value is -2.06. The van der Waals surface area contributed by atoms with Gasteiger partial charge in [-0.25, -0.2) is 4.98 Å². The van der Waals surface area contributed by atoms with Crippen molar-refractivity contribution in [1.29, 1.82) is 5.26 Å². The summed E-state index contributed by atoms with van der Waals surface area (Å²) in [7, 11) is 0. The van der Waals surface area contributed by atoms with Gasteiger partial charge in [0.1, 0.15) is 11.1 Å². The number of thioether (sulfide) groups is 1. The Morgan fingerprint density at radius 2 is 2.09 bits per heavy atom. The molecule has 23 heavy (non-hydrogen) atoms. The number of aryl methyl sites for hydroxylation is 2. The van der Waals surface area contributed by atoms with E-state index < -0.39 is 0 Å². The molecule has 5 heteroatoms. The first-order valence-corrected chi connectivity index (χ1v) is 8.80. The molecule has 0 N–H and O–H groups in total. The van der Waals surface area contributed by atoms with E-state index in [1.54, 1.807) is 0 Å². The smallest absolute Gasteiger partial charge is 0.232 e. The summed E-state index contributed by atoms with van der Waals surface area (Å²) in [6.07, 6.45) is 2.18. The Labute approximate surface area is 140 Å². The van der Waals surface area contributed by atoms with Crippen molar-refractivity contribution in [3.63, 3.8) is 0 Å². The van der Waals surface area contributed by atoms with Crippen LogP contribution in [0, 0.1) is 25.2 Å². The second-order valence-corrected chi connectivity index (χ2v) is 6.87. The zero-order chi connectivity index (χ0) is 16.4. The van der Waals surface area contributed by atoms with Gasteiger partial charge in [-0.2, -0.15) is 5.26 Å². The Bertz CT molecular complexity index is 804. The Morgan fingerprint density at radius 1 is 1.35 bits per heavy atom. The fourth-order valence-electron chi connectivity index (χ4n) is 2.84. The highest BCUT2D eigenvalue weighted by atomic mass is 32.2. The van der Waals surface area contributed by atoms with E-state index in [9.17, 15) is 10.1 Å². The van der Waals surface area contributed by atoms with Gasteiger partial charge in [-0.15, -0.1) is 0 Å². The number of amides is 1. The van der Waals surface area contributed by atoms with Gasteiger partial charge in [-0.05, 0) is 43.9 Å². The zero-order valence-electron chi connectivity index (χ0n) is 13.4. The number of rotatable bonds is 3. The van der Waals surface area contributed by atoms with Crippen LogP contribution >= 0.6 is 11.8 Å². The molecule has 0 atom stereocenters. The molecule has 0 spiro atoms. The molecule has 0 radical (unpaired) electrons. The summed E-state index contributed by atoms with van der Waals surface area (Å²) in [5.74, 6) is 0.483. The summed E-state index contributed by atoms with van der Waals surface area (Å²) in [5.41, 5.74) is 3.76. The third-order valence-electron chi connectivity index (χ3n) is 4.39. The van der Waals surface area contributed by atoms with Crippen molar-refractivity contribution < 1.29 is 4.79 Å². The molecule has 4 nitrogen and oxygen atoms in total. The lowest BCUT2D eigenvalue weighted by molar-refractivity contribution is -0.127. The number of nitriles is 1. The molecule has 0 bridgehead atoms. The molecular formula is C18H19N3OS. The van der Waals surface area contributed by atoms with Crippen LogP contribution in [0.2, 0.25) is 0 Å². The van der Waals surface area contributed by atoms with Crippen molar-refractivity contribution in [2.75, 3.05) is 18.8 Å². The van der Waals surface area contributed by atoms with Gasteiger partial charge in [0.2, 0.25) is 5.91 Å². The van der Waals surface area contributed by atoms with Crippen LogP contribution in [-0.2, 0) is 4.79 Å². The van der Waals surface area contributed by atoms with Crippen LogP contribution < -0.4 is 0 Å². The van der Waals surface area contributed by atoms with Gasteiger partial charge in [0, 0.05) is 18.5 Å². The van der Waals surface area contributed by atoms with E-state index in [0.29, 0.717) is 16.3 Å². The van der Waals surface area contributed by atoms with Crippen molar-refractivity contribution in [1.82, 2.24) is 9.88 Å². The quantitative estimate of drug-likeness (QED) is 0.811. The van der Waals surface area contributed by atoms with Crippen molar-refractivity contribution in [2.24, 2.45) is 0 Å². The highest BCUT2D eigenvalue weighted by molar-refractivity contribution is 8.00. The van der Waals surface area contributed by atoms with E-state index in [2.05, 4.69) is 18.0 Å². The second-order valence-electron chi connectivity index (χ2n) is 5.91. The number of pyridine rings is 1. The number of hydrogen-bond acceptors (Lipinski definition) is 4. The van der Waals surface area contributed by atoms with Gasteiger partial charge in [-0.1, -0.05) is 23.9 Å². The number of benzene rings is 1. The third kappa shape index (κ3) is 3.18. The monoisotopic (exact) mass is 325 g/mol. The summed E-state index contributed by atoms with van der Waals surface area (Å²) in [6.45, 7) is 5.81. The predicted octanol–water partition coefficient (Wildman–Crippen LogP) is 3.44. The minimum atomic E-state index is 0.138. The zero-order valence-corrected chi connectivity index (χ0v) is 14.2. The molecule has 0 unspecified atom stereocenters. The fraction of sp³-hybridized carbons (Fsp3) is 0.389. The van der Waals surface area contributed by atoms with Gasteiger partial charge < -0.3 is 4.90 Å². The maximum absolute atomic E-state index is 12.2. The van der Waals surface area contributed by atoms with E-state index in [-0.39, 0.29) is 5.91 Å². The number of nitrogens with zero attached hydrogens (tertiary/aromatic N) is 3. The van der Waals surface area contributed by atoms with Crippen LogP contribution in [0.1, 0.15) is 29.5 Å². The van der Waals surface area contributed by atoms with E-state index in [0.717, 1.165) is 42.4 Å². The molecule has 1 aromatic heterocycles. The average Bonchev–Trinajstić information content (AvgIpc) is 3.10. The topological polar surface area (TPSA) is 57.0 Å². The number of fused-ring (bicyclic) bond motifs is 1. The lowest BCUT2D eigenvalue weighted by atomic mass is 10.0. The lowest BCUT2D eigenvalue weighted by Gasteiger charge is -2.15. The first-order valence-electron chi connectivity index (χ1n) is 7.82. The minimum Gasteiger partial charge on any atom is -0.342 e. The summed E-state index contributed by atoms with van der Waals surface area (Å²) in [6, 6.07) is 8.12. The maximum atomic E-state index is 12.2. The highest BCUT2D eigenvalue weighted by Crippen LogP contribution is 2.28. The van der Waals surface area contributed by atoms with Gasteiger partial charge in [-0.3, -0.25) is 4.79 Å². The summed E-state index contributed by atoms with van der Waals surface area (Å²) in [5, 5.41) is 11.0. The average molecular weight is 325 g/mol. The van der Waals surface area contributed by atoms with Crippen molar-refractivity contribution in [3.8, 4) is 6.07 Å². The number of carbonyl (C=O) groups excluding carboxylic acids is 1. The molecular weight excluding hydrogens is 306 g/mol. The van der Waals surface area contributed by atoms with Gasteiger partial charge in [0.25, 0.3) is 0 Å². The van der Waals surface area contributed by atoms with Crippen LogP contribution in [0.5, 0.6) is 0 Å². The van der Waals surface area contributed by atoms with Gasteiger partial charge in [0.15, 0.2) is 0 Å². The van der Waals surface area contributed by atoms with Crippen molar-refractivity contribution in [3.05, 3.63) is 34.9 Å². The fourth-order valence-corrected chi connectivity index (χ4v) is 3.70. The highest BCUT2D eigenvalue weighted by Gasteiger charge is 2.19.